The fourth-order valence-electron chi connectivity index (χ4n) is 1.95. The van der Waals surface area contributed by atoms with Gasteiger partial charge in [0.25, 0.3) is 0 Å². The molecule has 6 nitrogen and oxygen atoms in total. The summed E-state index contributed by atoms with van der Waals surface area (Å²) in [5, 5.41) is 3.20. The van der Waals surface area contributed by atoms with E-state index in [1.54, 1.807) is 18.6 Å². The first-order valence-electron chi connectivity index (χ1n) is 6.80. The SMILES string of the molecule is CCNCc1cc(S(=O)(=O)NCCc2cnc[nH]2)c(C)s1. The molecular weight excluding hydrogens is 308 g/mol. The van der Waals surface area contributed by atoms with Crippen molar-refractivity contribution < 1.29 is 8.42 Å². The predicted octanol–water partition coefficient (Wildman–Crippen LogP) is 1.41. The molecule has 8 heteroatoms. The highest BCUT2D eigenvalue weighted by Gasteiger charge is 2.19. The summed E-state index contributed by atoms with van der Waals surface area (Å²) in [6, 6.07) is 1.75. The summed E-state index contributed by atoms with van der Waals surface area (Å²) in [6.45, 7) is 5.77. The van der Waals surface area contributed by atoms with Crippen molar-refractivity contribution >= 4 is 21.4 Å². The summed E-state index contributed by atoms with van der Waals surface area (Å²) in [6.07, 6.45) is 3.87. The topological polar surface area (TPSA) is 86.9 Å². The number of H-pyrrole nitrogens is 1. The van der Waals surface area contributed by atoms with E-state index in [9.17, 15) is 8.42 Å². The zero-order valence-electron chi connectivity index (χ0n) is 12.1. The molecule has 0 saturated carbocycles. The van der Waals surface area contributed by atoms with Gasteiger partial charge < -0.3 is 10.3 Å². The number of nitrogens with one attached hydrogen (secondary N) is 3. The molecule has 0 aliphatic carbocycles. The van der Waals surface area contributed by atoms with Gasteiger partial charge in [0.15, 0.2) is 0 Å². The summed E-state index contributed by atoms with van der Waals surface area (Å²) in [7, 11) is -3.45. The molecule has 2 rings (SSSR count). The van der Waals surface area contributed by atoms with E-state index in [0.717, 1.165) is 22.0 Å². The van der Waals surface area contributed by atoms with Crippen molar-refractivity contribution in [1.82, 2.24) is 20.0 Å². The van der Waals surface area contributed by atoms with Crippen LogP contribution in [0.15, 0.2) is 23.5 Å². The molecule has 116 valence electrons. The van der Waals surface area contributed by atoms with Crippen LogP contribution in [0.2, 0.25) is 0 Å². The van der Waals surface area contributed by atoms with Crippen molar-refractivity contribution in [3.05, 3.63) is 34.0 Å². The summed E-state index contributed by atoms with van der Waals surface area (Å²) < 4.78 is 27.3. The van der Waals surface area contributed by atoms with Crippen molar-refractivity contribution in [3.63, 3.8) is 0 Å². The van der Waals surface area contributed by atoms with Crippen molar-refractivity contribution in [2.75, 3.05) is 13.1 Å². The van der Waals surface area contributed by atoms with Crippen LogP contribution in [0.4, 0.5) is 0 Å². The lowest BCUT2D eigenvalue weighted by Crippen LogP contribution is -2.26. The molecule has 21 heavy (non-hydrogen) atoms. The third-order valence-corrected chi connectivity index (χ3v) is 5.77. The summed E-state index contributed by atoms with van der Waals surface area (Å²) in [5.41, 5.74) is 0.910. The normalized spacial score (nSPS) is 11.9. The number of hydrogen-bond acceptors (Lipinski definition) is 5. The van der Waals surface area contributed by atoms with Crippen LogP contribution in [-0.4, -0.2) is 31.5 Å². The molecule has 0 atom stereocenters. The number of thiophene rings is 1. The Kier molecular flexibility index (Phi) is 5.51. The van der Waals surface area contributed by atoms with Gasteiger partial charge in [0.05, 0.1) is 11.2 Å². The van der Waals surface area contributed by atoms with Crippen LogP contribution >= 0.6 is 11.3 Å². The Hall–Kier alpha value is -1.22. The Morgan fingerprint density at radius 3 is 2.90 bits per heavy atom. The monoisotopic (exact) mass is 328 g/mol. The fourth-order valence-corrected chi connectivity index (χ4v) is 4.58. The number of aromatic nitrogens is 2. The Bertz CT molecular complexity index is 662. The molecule has 0 aliphatic rings. The Labute approximate surface area is 129 Å². The second-order valence-electron chi connectivity index (χ2n) is 4.64. The second-order valence-corrected chi connectivity index (χ2v) is 7.71. The maximum atomic E-state index is 12.3. The lowest BCUT2D eigenvalue weighted by atomic mass is 10.3. The van der Waals surface area contributed by atoms with Gasteiger partial charge in [-0.1, -0.05) is 6.92 Å². The quantitative estimate of drug-likeness (QED) is 0.684. The molecule has 2 aromatic heterocycles. The number of aryl methyl sites for hydroxylation is 1. The molecule has 0 unspecified atom stereocenters. The standard InChI is InChI=1S/C13H20N4O2S2/c1-3-14-8-12-6-13(10(2)20-12)21(18,19)17-5-4-11-7-15-9-16-11/h6-7,9,14,17H,3-5,8H2,1-2H3,(H,15,16). The van der Waals surface area contributed by atoms with Crippen molar-refractivity contribution in [2.45, 2.75) is 31.7 Å². The molecule has 3 N–H and O–H groups in total. The molecule has 0 fully saturated rings. The number of rotatable bonds is 8. The first kappa shape index (κ1) is 16.2. The summed E-state index contributed by atoms with van der Waals surface area (Å²) in [5.74, 6) is 0. The van der Waals surface area contributed by atoms with Crippen LogP contribution in [0, 0.1) is 6.92 Å². The lowest BCUT2D eigenvalue weighted by Gasteiger charge is -2.05. The van der Waals surface area contributed by atoms with Crippen LogP contribution in [0.1, 0.15) is 22.4 Å². The number of aromatic amines is 1. The van der Waals surface area contributed by atoms with E-state index < -0.39 is 10.0 Å². The third kappa shape index (κ3) is 4.37. The molecule has 2 heterocycles. The highest BCUT2D eigenvalue weighted by atomic mass is 32.2. The average molecular weight is 328 g/mol. The van der Waals surface area contributed by atoms with Gasteiger partial charge in [0.1, 0.15) is 0 Å². The van der Waals surface area contributed by atoms with E-state index in [1.807, 2.05) is 13.8 Å². The van der Waals surface area contributed by atoms with Gasteiger partial charge in [-0.25, -0.2) is 18.1 Å². The minimum Gasteiger partial charge on any atom is -0.348 e. The molecule has 0 bridgehead atoms. The van der Waals surface area contributed by atoms with Gasteiger partial charge in [0.2, 0.25) is 10.0 Å². The van der Waals surface area contributed by atoms with Gasteiger partial charge in [-0.15, -0.1) is 11.3 Å². The van der Waals surface area contributed by atoms with Crippen molar-refractivity contribution in [2.24, 2.45) is 0 Å². The smallest absolute Gasteiger partial charge is 0.241 e. The molecule has 0 radical (unpaired) electrons. The average Bonchev–Trinajstić information content (AvgIpc) is 3.06. The van der Waals surface area contributed by atoms with Crippen LogP contribution in [0.3, 0.4) is 0 Å². The first-order chi connectivity index (χ1) is 10.0. The fraction of sp³-hybridized carbons (Fsp3) is 0.462. The van der Waals surface area contributed by atoms with E-state index in [1.165, 1.54) is 11.3 Å². The van der Waals surface area contributed by atoms with E-state index in [0.29, 0.717) is 24.4 Å². The van der Waals surface area contributed by atoms with Crippen LogP contribution < -0.4 is 10.0 Å². The Morgan fingerprint density at radius 2 is 2.24 bits per heavy atom. The number of sulfonamides is 1. The number of nitrogens with zero attached hydrogens (tertiary/aromatic N) is 1. The van der Waals surface area contributed by atoms with Crippen LogP contribution in [0.25, 0.3) is 0 Å². The minimum atomic E-state index is -3.45. The van der Waals surface area contributed by atoms with Crippen molar-refractivity contribution in [1.29, 1.82) is 0 Å². The molecule has 0 saturated heterocycles. The van der Waals surface area contributed by atoms with E-state index >= 15 is 0 Å². The largest absolute Gasteiger partial charge is 0.348 e. The predicted molar refractivity (Wildman–Crippen MR) is 83.9 cm³/mol. The van der Waals surface area contributed by atoms with Crippen LogP contribution in [-0.2, 0) is 23.0 Å². The van der Waals surface area contributed by atoms with E-state index in [2.05, 4.69) is 20.0 Å². The molecule has 0 spiro atoms. The maximum absolute atomic E-state index is 12.3. The highest BCUT2D eigenvalue weighted by molar-refractivity contribution is 7.89. The highest BCUT2D eigenvalue weighted by Crippen LogP contribution is 2.25. The van der Waals surface area contributed by atoms with Gasteiger partial charge in [-0.3, -0.25) is 0 Å². The van der Waals surface area contributed by atoms with Crippen LogP contribution in [0.5, 0.6) is 0 Å². The van der Waals surface area contributed by atoms with E-state index in [-0.39, 0.29) is 0 Å². The molecule has 2 aromatic rings. The minimum absolute atomic E-state index is 0.350. The zero-order valence-corrected chi connectivity index (χ0v) is 13.8. The maximum Gasteiger partial charge on any atom is 0.241 e. The first-order valence-corrected chi connectivity index (χ1v) is 9.10. The lowest BCUT2D eigenvalue weighted by molar-refractivity contribution is 0.581. The summed E-state index contributed by atoms with van der Waals surface area (Å²) >= 11 is 1.51. The Balaban J connectivity index is 1.99. The van der Waals surface area contributed by atoms with Gasteiger partial charge in [-0.2, -0.15) is 0 Å². The van der Waals surface area contributed by atoms with Gasteiger partial charge in [0, 0.05) is 41.2 Å². The second kappa shape index (κ2) is 7.17. The molecule has 0 aromatic carbocycles. The van der Waals surface area contributed by atoms with Gasteiger partial charge >= 0.3 is 0 Å². The molecule has 0 amide bonds. The zero-order chi connectivity index (χ0) is 15.3. The number of imidazole rings is 1. The van der Waals surface area contributed by atoms with Gasteiger partial charge in [-0.05, 0) is 19.5 Å². The van der Waals surface area contributed by atoms with Crippen molar-refractivity contribution in [3.8, 4) is 0 Å². The third-order valence-electron chi connectivity index (χ3n) is 3.00. The number of hydrogen-bond donors (Lipinski definition) is 3. The summed E-state index contributed by atoms with van der Waals surface area (Å²) in [4.78, 5) is 9.08. The van der Waals surface area contributed by atoms with E-state index in [4.69, 9.17) is 0 Å². The Morgan fingerprint density at radius 1 is 1.43 bits per heavy atom. The molecular formula is C13H20N4O2S2. The molecule has 0 aliphatic heterocycles.